The van der Waals surface area contributed by atoms with E-state index in [1.54, 1.807) is 0 Å². The average Bonchev–Trinajstić information content (AvgIpc) is 3.05. The molecule has 2 heterocycles. The number of rotatable bonds is 7. The fraction of sp³-hybridized carbons (Fsp3) is 0.583. The van der Waals surface area contributed by atoms with Crippen LogP contribution in [0.5, 0.6) is 0 Å². The third-order valence-electron chi connectivity index (χ3n) is 2.70. The molecular formula is C12H18N6OS2. The Morgan fingerprint density at radius 3 is 2.76 bits per heavy atom. The molecule has 114 valence electrons. The number of anilines is 1. The van der Waals surface area contributed by atoms with Gasteiger partial charge in [-0.1, -0.05) is 36.9 Å². The first-order valence-corrected chi connectivity index (χ1v) is 8.59. The number of hydrogen-bond acceptors (Lipinski definition) is 7. The van der Waals surface area contributed by atoms with Crippen LogP contribution in [-0.4, -0.2) is 36.6 Å². The van der Waals surface area contributed by atoms with Crippen LogP contribution >= 0.6 is 23.1 Å². The molecule has 1 amide bonds. The highest BCUT2D eigenvalue weighted by Gasteiger charge is 2.12. The van der Waals surface area contributed by atoms with E-state index >= 15 is 0 Å². The Kier molecular flexibility index (Phi) is 5.68. The monoisotopic (exact) mass is 326 g/mol. The molecule has 0 saturated carbocycles. The molecule has 0 aromatic carbocycles. The number of amides is 1. The van der Waals surface area contributed by atoms with Crippen LogP contribution in [0.25, 0.3) is 0 Å². The van der Waals surface area contributed by atoms with Crippen LogP contribution in [-0.2, 0) is 17.8 Å². The molecule has 9 heteroatoms. The van der Waals surface area contributed by atoms with Gasteiger partial charge in [-0.25, -0.2) is 0 Å². The van der Waals surface area contributed by atoms with Crippen molar-refractivity contribution in [2.75, 3.05) is 11.1 Å². The number of hydrogen-bond donors (Lipinski definition) is 1. The fourth-order valence-electron chi connectivity index (χ4n) is 1.68. The molecular weight excluding hydrogens is 308 g/mol. The van der Waals surface area contributed by atoms with Gasteiger partial charge in [0.25, 0.3) is 0 Å². The molecule has 0 aliphatic heterocycles. The summed E-state index contributed by atoms with van der Waals surface area (Å²) in [5.74, 6) is 1.04. The Hall–Kier alpha value is -1.48. The largest absolute Gasteiger partial charge is 0.306 e. The summed E-state index contributed by atoms with van der Waals surface area (Å²) in [5, 5.41) is 21.0. The highest BCUT2D eigenvalue weighted by atomic mass is 32.2. The molecule has 21 heavy (non-hydrogen) atoms. The minimum atomic E-state index is -0.109. The molecule has 7 nitrogen and oxygen atoms in total. The summed E-state index contributed by atoms with van der Waals surface area (Å²) in [6.07, 6.45) is 1.82. The summed E-state index contributed by atoms with van der Waals surface area (Å²) in [7, 11) is 0. The molecule has 0 aliphatic carbocycles. The number of aromatic nitrogens is 5. The topological polar surface area (TPSA) is 85.6 Å². The van der Waals surface area contributed by atoms with Gasteiger partial charge in [-0.2, -0.15) is 0 Å². The zero-order valence-corrected chi connectivity index (χ0v) is 13.9. The van der Waals surface area contributed by atoms with E-state index in [1.165, 1.54) is 23.1 Å². The quantitative estimate of drug-likeness (QED) is 0.785. The molecule has 2 aromatic rings. The van der Waals surface area contributed by atoms with Gasteiger partial charge in [-0.15, -0.1) is 20.4 Å². The lowest BCUT2D eigenvalue weighted by molar-refractivity contribution is -0.113. The lowest BCUT2D eigenvalue weighted by Gasteiger charge is -2.06. The molecule has 2 aromatic heterocycles. The van der Waals surface area contributed by atoms with E-state index in [0.29, 0.717) is 5.13 Å². The number of nitrogens with one attached hydrogen (secondary N) is 1. The van der Waals surface area contributed by atoms with Gasteiger partial charge in [-0.3, -0.25) is 10.1 Å². The van der Waals surface area contributed by atoms with E-state index in [-0.39, 0.29) is 11.7 Å². The Bertz CT molecular complexity index is 609. The predicted molar refractivity (Wildman–Crippen MR) is 83.7 cm³/mol. The molecule has 0 unspecified atom stereocenters. The van der Waals surface area contributed by atoms with Crippen molar-refractivity contribution in [1.82, 2.24) is 25.0 Å². The number of carbonyl (C=O) groups is 1. The van der Waals surface area contributed by atoms with Crippen LogP contribution < -0.4 is 5.32 Å². The van der Waals surface area contributed by atoms with E-state index in [2.05, 4.69) is 32.6 Å². The highest BCUT2D eigenvalue weighted by molar-refractivity contribution is 7.99. The Morgan fingerprint density at radius 1 is 1.29 bits per heavy atom. The zero-order valence-electron chi connectivity index (χ0n) is 12.3. The summed E-state index contributed by atoms with van der Waals surface area (Å²) < 4.78 is 2.03. The standard InChI is InChI=1S/C12H18N6OS2/c1-4-6-18-8(3)14-17-12(18)20-7-9(19)13-11-16-15-10(5-2)21-11/h4-7H2,1-3H3,(H,13,16,19). The van der Waals surface area contributed by atoms with Crippen LogP contribution in [0.1, 0.15) is 31.1 Å². The first kappa shape index (κ1) is 15.9. The van der Waals surface area contributed by atoms with Crippen LogP contribution in [0, 0.1) is 6.92 Å². The van der Waals surface area contributed by atoms with E-state index in [4.69, 9.17) is 0 Å². The van der Waals surface area contributed by atoms with Crippen molar-refractivity contribution in [2.24, 2.45) is 0 Å². The van der Waals surface area contributed by atoms with Crippen molar-refractivity contribution >= 4 is 34.1 Å². The van der Waals surface area contributed by atoms with Crippen LogP contribution in [0.15, 0.2) is 5.16 Å². The Labute approximate surface area is 131 Å². The van der Waals surface area contributed by atoms with Gasteiger partial charge in [0.1, 0.15) is 10.8 Å². The minimum absolute atomic E-state index is 0.109. The molecule has 0 aliphatic rings. The van der Waals surface area contributed by atoms with Crippen molar-refractivity contribution in [1.29, 1.82) is 0 Å². The maximum Gasteiger partial charge on any atom is 0.236 e. The zero-order chi connectivity index (χ0) is 15.2. The smallest absolute Gasteiger partial charge is 0.236 e. The third-order valence-corrected chi connectivity index (χ3v) is 4.65. The molecule has 0 spiro atoms. The normalized spacial score (nSPS) is 10.8. The number of nitrogens with zero attached hydrogens (tertiary/aromatic N) is 5. The van der Waals surface area contributed by atoms with Gasteiger partial charge in [0, 0.05) is 6.54 Å². The van der Waals surface area contributed by atoms with E-state index in [1.807, 2.05) is 18.4 Å². The van der Waals surface area contributed by atoms with Crippen molar-refractivity contribution in [3.8, 4) is 0 Å². The second kappa shape index (κ2) is 7.51. The Morgan fingerprint density at radius 2 is 2.10 bits per heavy atom. The summed E-state index contributed by atoms with van der Waals surface area (Å²) >= 11 is 2.78. The SMILES string of the molecule is CCCn1c(C)nnc1SCC(=O)Nc1nnc(CC)s1. The first-order valence-electron chi connectivity index (χ1n) is 6.78. The Balaban J connectivity index is 1.89. The molecule has 0 bridgehead atoms. The summed E-state index contributed by atoms with van der Waals surface area (Å²) in [6.45, 7) is 6.88. The fourth-order valence-corrected chi connectivity index (χ4v) is 3.19. The maximum atomic E-state index is 11.9. The molecule has 0 radical (unpaired) electrons. The first-order chi connectivity index (χ1) is 10.1. The van der Waals surface area contributed by atoms with Crippen molar-refractivity contribution in [2.45, 2.75) is 45.3 Å². The average molecular weight is 326 g/mol. The number of aryl methyl sites for hydroxylation is 2. The molecule has 0 atom stereocenters. The van der Waals surface area contributed by atoms with Crippen molar-refractivity contribution in [3.63, 3.8) is 0 Å². The van der Waals surface area contributed by atoms with Gasteiger partial charge < -0.3 is 4.57 Å². The van der Waals surface area contributed by atoms with Crippen molar-refractivity contribution < 1.29 is 4.79 Å². The lowest BCUT2D eigenvalue weighted by atomic mass is 10.5. The third kappa shape index (κ3) is 4.24. The maximum absolute atomic E-state index is 11.9. The predicted octanol–water partition coefficient (Wildman–Crippen LogP) is 2.14. The van der Waals surface area contributed by atoms with E-state index < -0.39 is 0 Å². The second-order valence-corrected chi connectivity index (χ2v) is 6.38. The highest BCUT2D eigenvalue weighted by Crippen LogP contribution is 2.19. The van der Waals surface area contributed by atoms with Gasteiger partial charge in [0.2, 0.25) is 11.0 Å². The van der Waals surface area contributed by atoms with E-state index in [0.717, 1.165) is 35.4 Å². The number of carbonyl (C=O) groups excluding carboxylic acids is 1. The van der Waals surface area contributed by atoms with Crippen LogP contribution in [0.3, 0.4) is 0 Å². The van der Waals surface area contributed by atoms with Crippen molar-refractivity contribution in [3.05, 3.63) is 10.8 Å². The van der Waals surface area contributed by atoms with Gasteiger partial charge in [0.15, 0.2) is 5.16 Å². The molecule has 2 rings (SSSR count). The van der Waals surface area contributed by atoms with Gasteiger partial charge in [0.05, 0.1) is 5.75 Å². The van der Waals surface area contributed by atoms with Gasteiger partial charge >= 0.3 is 0 Å². The van der Waals surface area contributed by atoms with E-state index in [9.17, 15) is 4.79 Å². The summed E-state index contributed by atoms with van der Waals surface area (Å²) in [4.78, 5) is 11.9. The summed E-state index contributed by atoms with van der Waals surface area (Å²) in [6, 6.07) is 0. The minimum Gasteiger partial charge on any atom is -0.306 e. The summed E-state index contributed by atoms with van der Waals surface area (Å²) in [5.41, 5.74) is 0. The van der Waals surface area contributed by atoms with Gasteiger partial charge in [-0.05, 0) is 19.8 Å². The van der Waals surface area contributed by atoms with Crippen LogP contribution in [0.2, 0.25) is 0 Å². The molecule has 0 fully saturated rings. The number of thioether (sulfide) groups is 1. The lowest BCUT2D eigenvalue weighted by Crippen LogP contribution is -2.14. The molecule has 1 N–H and O–H groups in total. The van der Waals surface area contributed by atoms with Crippen LogP contribution in [0.4, 0.5) is 5.13 Å². The molecule has 0 saturated heterocycles. The second-order valence-electron chi connectivity index (χ2n) is 4.37.